The molecular formula is C9H14O3. The number of hydrogen-bond donors (Lipinski definition) is 1. The van der Waals surface area contributed by atoms with Gasteiger partial charge in [0.2, 0.25) is 0 Å². The number of ketones is 1. The molecule has 1 saturated carbocycles. The van der Waals surface area contributed by atoms with Crippen molar-refractivity contribution in [2.24, 2.45) is 11.8 Å². The lowest BCUT2D eigenvalue weighted by atomic mass is 9.78. The minimum Gasteiger partial charge on any atom is -0.481 e. The van der Waals surface area contributed by atoms with Crippen LogP contribution in [0.15, 0.2) is 0 Å². The fourth-order valence-corrected chi connectivity index (χ4v) is 1.72. The van der Waals surface area contributed by atoms with Crippen LogP contribution in [-0.2, 0) is 9.59 Å². The maximum atomic E-state index is 11.0. The van der Waals surface area contributed by atoms with Crippen LogP contribution in [0.2, 0.25) is 0 Å². The SMILES string of the molecule is CC1CCC(=O)CC1CC(=O)O. The minimum atomic E-state index is -0.790. The fraction of sp³-hybridized carbons (Fsp3) is 0.778. The lowest BCUT2D eigenvalue weighted by Gasteiger charge is -2.26. The van der Waals surface area contributed by atoms with Gasteiger partial charge >= 0.3 is 5.97 Å². The summed E-state index contributed by atoms with van der Waals surface area (Å²) in [5, 5.41) is 8.56. The first kappa shape index (κ1) is 9.23. The molecular weight excluding hydrogens is 156 g/mol. The molecule has 0 heterocycles. The second-order valence-electron chi connectivity index (χ2n) is 3.62. The number of rotatable bonds is 2. The Morgan fingerprint density at radius 2 is 2.33 bits per heavy atom. The Morgan fingerprint density at radius 3 is 2.92 bits per heavy atom. The predicted octanol–water partition coefficient (Wildman–Crippen LogP) is 1.47. The van der Waals surface area contributed by atoms with E-state index in [0.717, 1.165) is 6.42 Å². The average Bonchev–Trinajstić information content (AvgIpc) is 1.96. The lowest BCUT2D eigenvalue weighted by molar-refractivity contribution is -0.139. The first-order valence-electron chi connectivity index (χ1n) is 4.33. The van der Waals surface area contributed by atoms with Crippen LogP contribution in [0, 0.1) is 11.8 Å². The number of carboxylic acid groups (broad SMARTS) is 1. The van der Waals surface area contributed by atoms with Gasteiger partial charge in [0.25, 0.3) is 0 Å². The summed E-state index contributed by atoms with van der Waals surface area (Å²) in [5.41, 5.74) is 0. The zero-order valence-electron chi connectivity index (χ0n) is 7.25. The van der Waals surface area contributed by atoms with Gasteiger partial charge in [-0.2, -0.15) is 0 Å². The highest BCUT2D eigenvalue weighted by atomic mass is 16.4. The van der Waals surface area contributed by atoms with Crippen LogP contribution in [0.25, 0.3) is 0 Å². The maximum absolute atomic E-state index is 11.0. The average molecular weight is 170 g/mol. The molecule has 12 heavy (non-hydrogen) atoms. The van der Waals surface area contributed by atoms with Crippen molar-refractivity contribution in [3.63, 3.8) is 0 Å². The van der Waals surface area contributed by atoms with E-state index in [1.165, 1.54) is 0 Å². The van der Waals surface area contributed by atoms with E-state index in [4.69, 9.17) is 5.11 Å². The molecule has 68 valence electrons. The molecule has 3 nitrogen and oxygen atoms in total. The van der Waals surface area contributed by atoms with Gasteiger partial charge in [0, 0.05) is 19.3 Å². The van der Waals surface area contributed by atoms with E-state index < -0.39 is 5.97 Å². The van der Waals surface area contributed by atoms with Crippen molar-refractivity contribution in [2.75, 3.05) is 0 Å². The highest BCUT2D eigenvalue weighted by molar-refractivity contribution is 5.80. The summed E-state index contributed by atoms with van der Waals surface area (Å²) in [4.78, 5) is 21.4. The van der Waals surface area contributed by atoms with Gasteiger partial charge in [-0.1, -0.05) is 6.92 Å². The zero-order valence-corrected chi connectivity index (χ0v) is 7.25. The zero-order chi connectivity index (χ0) is 9.14. The highest BCUT2D eigenvalue weighted by Crippen LogP contribution is 2.29. The monoisotopic (exact) mass is 170 g/mol. The third-order valence-electron chi connectivity index (χ3n) is 2.61. The Hall–Kier alpha value is -0.860. The molecule has 2 unspecified atom stereocenters. The smallest absolute Gasteiger partial charge is 0.303 e. The molecule has 0 saturated heterocycles. The Morgan fingerprint density at radius 1 is 1.67 bits per heavy atom. The summed E-state index contributed by atoms with van der Waals surface area (Å²) < 4.78 is 0. The van der Waals surface area contributed by atoms with Crippen LogP contribution in [0.5, 0.6) is 0 Å². The molecule has 1 rings (SSSR count). The summed E-state index contributed by atoms with van der Waals surface area (Å²) in [7, 11) is 0. The predicted molar refractivity (Wildman–Crippen MR) is 43.8 cm³/mol. The highest BCUT2D eigenvalue weighted by Gasteiger charge is 2.27. The van der Waals surface area contributed by atoms with Crippen molar-refractivity contribution in [1.29, 1.82) is 0 Å². The number of aliphatic carboxylic acids is 1. The van der Waals surface area contributed by atoms with Crippen LogP contribution in [0.4, 0.5) is 0 Å². The molecule has 0 aromatic carbocycles. The van der Waals surface area contributed by atoms with Gasteiger partial charge in [-0.15, -0.1) is 0 Å². The van der Waals surface area contributed by atoms with E-state index in [1.54, 1.807) is 0 Å². The van der Waals surface area contributed by atoms with Crippen molar-refractivity contribution < 1.29 is 14.7 Å². The van der Waals surface area contributed by atoms with Crippen molar-refractivity contribution in [3.05, 3.63) is 0 Å². The molecule has 0 aliphatic heterocycles. The Bertz CT molecular complexity index is 196. The van der Waals surface area contributed by atoms with Gasteiger partial charge in [0.15, 0.2) is 0 Å². The van der Waals surface area contributed by atoms with E-state index >= 15 is 0 Å². The maximum Gasteiger partial charge on any atom is 0.303 e. The van der Waals surface area contributed by atoms with E-state index in [0.29, 0.717) is 18.8 Å². The Balaban J connectivity index is 2.49. The topological polar surface area (TPSA) is 54.4 Å². The van der Waals surface area contributed by atoms with Crippen LogP contribution in [0.1, 0.15) is 32.6 Å². The minimum absolute atomic E-state index is 0.0729. The first-order chi connectivity index (χ1) is 5.59. The quantitative estimate of drug-likeness (QED) is 0.682. The van der Waals surface area contributed by atoms with Gasteiger partial charge in [-0.05, 0) is 18.3 Å². The van der Waals surface area contributed by atoms with E-state index in [9.17, 15) is 9.59 Å². The van der Waals surface area contributed by atoms with Crippen LogP contribution in [-0.4, -0.2) is 16.9 Å². The van der Waals surface area contributed by atoms with Crippen molar-refractivity contribution in [2.45, 2.75) is 32.6 Å². The van der Waals surface area contributed by atoms with Gasteiger partial charge in [-0.3, -0.25) is 9.59 Å². The second kappa shape index (κ2) is 3.70. The number of Topliss-reactive ketones (excluding diaryl/α,β-unsaturated/α-hetero) is 1. The van der Waals surface area contributed by atoms with Crippen molar-refractivity contribution in [3.8, 4) is 0 Å². The molecule has 1 fully saturated rings. The third kappa shape index (κ3) is 2.32. The van der Waals surface area contributed by atoms with E-state index in [-0.39, 0.29) is 18.1 Å². The molecule has 0 aromatic heterocycles. The van der Waals surface area contributed by atoms with Crippen molar-refractivity contribution in [1.82, 2.24) is 0 Å². The van der Waals surface area contributed by atoms with Gasteiger partial charge in [0.1, 0.15) is 5.78 Å². The molecule has 3 heteroatoms. The number of carbonyl (C=O) groups excluding carboxylic acids is 1. The fourth-order valence-electron chi connectivity index (χ4n) is 1.72. The molecule has 2 atom stereocenters. The normalized spacial score (nSPS) is 30.2. The second-order valence-corrected chi connectivity index (χ2v) is 3.62. The van der Waals surface area contributed by atoms with Gasteiger partial charge < -0.3 is 5.11 Å². The van der Waals surface area contributed by atoms with Gasteiger partial charge in [-0.25, -0.2) is 0 Å². The first-order valence-corrected chi connectivity index (χ1v) is 4.33. The summed E-state index contributed by atoms with van der Waals surface area (Å²) in [6.07, 6.45) is 2.11. The van der Waals surface area contributed by atoms with Crippen molar-refractivity contribution >= 4 is 11.8 Å². The van der Waals surface area contributed by atoms with Crippen LogP contribution < -0.4 is 0 Å². The standard InChI is InChI=1S/C9H14O3/c1-6-2-3-8(10)4-7(6)5-9(11)12/h6-7H,2-5H2,1H3,(H,11,12). The molecule has 0 bridgehead atoms. The summed E-state index contributed by atoms with van der Waals surface area (Å²) in [6, 6.07) is 0. The Kier molecular flexibility index (Phi) is 2.84. The van der Waals surface area contributed by atoms with Gasteiger partial charge in [0.05, 0.1) is 0 Å². The third-order valence-corrected chi connectivity index (χ3v) is 2.61. The van der Waals surface area contributed by atoms with E-state index in [2.05, 4.69) is 0 Å². The van der Waals surface area contributed by atoms with Crippen LogP contribution in [0.3, 0.4) is 0 Å². The number of hydrogen-bond acceptors (Lipinski definition) is 2. The molecule has 0 spiro atoms. The summed E-state index contributed by atoms with van der Waals surface area (Å²) in [5.74, 6) is -0.108. The van der Waals surface area contributed by atoms with Crippen LogP contribution >= 0.6 is 0 Å². The number of carboxylic acids is 1. The molecule has 0 radical (unpaired) electrons. The number of carbonyl (C=O) groups is 2. The lowest BCUT2D eigenvalue weighted by Crippen LogP contribution is -2.25. The summed E-state index contributed by atoms with van der Waals surface area (Å²) >= 11 is 0. The molecule has 1 N–H and O–H groups in total. The largest absolute Gasteiger partial charge is 0.481 e. The molecule has 1 aliphatic rings. The molecule has 0 amide bonds. The van der Waals surface area contributed by atoms with E-state index in [1.807, 2.05) is 6.92 Å². The molecule has 1 aliphatic carbocycles. The molecule has 0 aromatic rings. The summed E-state index contributed by atoms with van der Waals surface area (Å²) in [6.45, 7) is 2.03. The Labute approximate surface area is 71.8 Å².